The third-order valence-electron chi connectivity index (χ3n) is 3.06. The van der Waals surface area contributed by atoms with E-state index in [0.717, 1.165) is 12.0 Å². The molecule has 2 nitrogen and oxygen atoms in total. The van der Waals surface area contributed by atoms with Gasteiger partial charge in [-0.15, -0.1) is 0 Å². The van der Waals surface area contributed by atoms with Crippen LogP contribution in [-0.4, -0.2) is 18.3 Å². The average molecular weight is 271 g/mol. The normalized spacial score (nSPS) is 13.7. The van der Waals surface area contributed by atoms with Gasteiger partial charge in [0.1, 0.15) is 0 Å². The largest absolute Gasteiger partial charge is 0.395 e. The molecule has 1 atom stereocenters. The lowest BCUT2D eigenvalue weighted by Gasteiger charge is -2.20. The molecule has 0 aliphatic heterocycles. The highest BCUT2D eigenvalue weighted by Gasteiger charge is 2.13. The number of rotatable bonds is 8. The van der Waals surface area contributed by atoms with Crippen molar-refractivity contribution >= 4 is 0 Å². The van der Waals surface area contributed by atoms with E-state index in [1.807, 2.05) is 6.08 Å². The molecule has 0 saturated heterocycles. The molecule has 0 amide bonds. The first-order valence-corrected chi connectivity index (χ1v) is 7.12. The third kappa shape index (κ3) is 5.16. The van der Waals surface area contributed by atoms with Gasteiger partial charge in [-0.1, -0.05) is 67.6 Å². The predicted octanol–water partition coefficient (Wildman–Crippen LogP) is 3.70. The lowest BCUT2D eigenvalue weighted by Crippen LogP contribution is -2.25. The molecule has 0 aliphatic carbocycles. The summed E-state index contributed by atoms with van der Waals surface area (Å²) in [6.07, 6.45) is 9.07. The Morgan fingerprint density at radius 3 is 2.60 bits per heavy atom. The molecule has 0 aliphatic rings. The summed E-state index contributed by atoms with van der Waals surface area (Å²) in [4.78, 5) is 0. The van der Waals surface area contributed by atoms with Gasteiger partial charge in [0.2, 0.25) is 0 Å². The number of hydrogen-bond acceptors (Lipinski definition) is 2. The Labute approximate surface area is 122 Å². The van der Waals surface area contributed by atoms with Gasteiger partial charge in [-0.2, -0.15) is 0 Å². The van der Waals surface area contributed by atoms with Gasteiger partial charge < -0.3 is 10.4 Å². The van der Waals surface area contributed by atoms with Crippen LogP contribution in [0.1, 0.15) is 30.5 Å². The molecule has 1 unspecified atom stereocenters. The highest BCUT2D eigenvalue weighted by molar-refractivity contribution is 5.37. The third-order valence-corrected chi connectivity index (χ3v) is 3.06. The standard InChI is InChI=1S/C18H25NO/c1-4-6-8-16(7-5-2)18(19-13-14-20)17-11-9-15(3)10-12-17/h5-12,18-20H,2,4,13-14H2,1,3H3/b8-6-,16-7+. The van der Waals surface area contributed by atoms with Crippen LogP contribution in [-0.2, 0) is 0 Å². The number of hydrogen-bond donors (Lipinski definition) is 2. The number of aryl methyl sites for hydroxylation is 1. The summed E-state index contributed by atoms with van der Waals surface area (Å²) in [6.45, 7) is 8.68. The fraction of sp³-hybridized carbons (Fsp3) is 0.333. The van der Waals surface area contributed by atoms with Gasteiger partial charge in [0.25, 0.3) is 0 Å². The Morgan fingerprint density at radius 1 is 1.35 bits per heavy atom. The molecule has 1 aromatic carbocycles. The number of benzene rings is 1. The van der Waals surface area contributed by atoms with Crippen LogP contribution >= 0.6 is 0 Å². The minimum Gasteiger partial charge on any atom is -0.395 e. The zero-order chi connectivity index (χ0) is 14.8. The second kappa shape index (κ2) is 9.29. The van der Waals surface area contributed by atoms with Crippen molar-refractivity contribution in [3.63, 3.8) is 0 Å². The molecule has 0 fully saturated rings. The molecule has 108 valence electrons. The van der Waals surface area contributed by atoms with Crippen LogP contribution in [0.25, 0.3) is 0 Å². The maximum atomic E-state index is 9.07. The Morgan fingerprint density at radius 2 is 2.05 bits per heavy atom. The lowest BCUT2D eigenvalue weighted by molar-refractivity contribution is 0.288. The molecule has 0 bridgehead atoms. The summed E-state index contributed by atoms with van der Waals surface area (Å²) in [7, 11) is 0. The fourth-order valence-electron chi connectivity index (χ4n) is 2.03. The van der Waals surface area contributed by atoms with Crippen molar-refractivity contribution in [2.45, 2.75) is 26.3 Å². The minimum absolute atomic E-state index is 0.0727. The molecule has 0 heterocycles. The second-order valence-corrected chi connectivity index (χ2v) is 4.73. The summed E-state index contributed by atoms with van der Waals surface area (Å²) in [5, 5.41) is 12.5. The van der Waals surface area contributed by atoms with Gasteiger partial charge in [0.15, 0.2) is 0 Å². The van der Waals surface area contributed by atoms with E-state index in [0.29, 0.717) is 6.54 Å². The van der Waals surface area contributed by atoms with E-state index in [9.17, 15) is 0 Å². The second-order valence-electron chi connectivity index (χ2n) is 4.73. The lowest BCUT2D eigenvalue weighted by atomic mass is 9.96. The quantitative estimate of drug-likeness (QED) is 0.707. The Kier molecular flexibility index (Phi) is 7.63. The Hall–Kier alpha value is -1.64. The van der Waals surface area contributed by atoms with Crippen molar-refractivity contribution in [2.24, 2.45) is 0 Å². The number of aliphatic hydroxyl groups is 1. The maximum absolute atomic E-state index is 9.07. The van der Waals surface area contributed by atoms with Crippen LogP contribution in [0.2, 0.25) is 0 Å². The number of allylic oxidation sites excluding steroid dienone is 3. The van der Waals surface area contributed by atoms with Crippen LogP contribution < -0.4 is 5.32 Å². The monoisotopic (exact) mass is 271 g/mol. The van der Waals surface area contributed by atoms with E-state index in [-0.39, 0.29) is 12.6 Å². The van der Waals surface area contributed by atoms with E-state index >= 15 is 0 Å². The van der Waals surface area contributed by atoms with Crippen molar-refractivity contribution in [1.82, 2.24) is 5.32 Å². The van der Waals surface area contributed by atoms with Crippen molar-refractivity contribution in [1.29, 1.82) is 0 Å². The first-order valence-electron chi connectivity index (χ1n) is 7.12. The van der Waals surface area contributed by atoms with Gasteiger partial charge >= 0.3 is 0 Å². The van der Waals surface area contributed by atoms with Crippen molar-refractivity contribution in [3.8, 4) is 0 Å². The predicted molar refractivity (Wildman–Crippen MR) is 86.7 cm³/mol. The van der Waals surface area contributed by atoms with Crippen LogP contribution in [0.5, 0.6) is 0 Å². The minimum atomic E-state index is 0.0727. The highest BCUT2D eigenvalue weighted by atomic mass is 16.3. The SMILES string of the molecule is C=C/C=C(\C=C/CC)C(NCCO)c1ccc(C)cc1. The molecule has 1 aromatic rings. The van der Waals surface area contributed by atoms with Crippen LogP contribution in [0.3, 0.4) is 0 Å². The molecule has 2 heteroatoms. The molecule has 0 spiro atoms. The summed E-state index contributed by atoms with van der Waals surface area (Å²) in [5.41, 5.74) is 3.59. The Bertz CT molecular complexity index is 457. The van der Waals surface area contributed by atoms with Crippen molar-refractivity contribution in [3.05, 3.63) is 71.8 Å². The maximum Gasteiger partial charge on any atom is 0.0577 e. The summed E-state index contributed by atoms with van der Waals surface area (Å²) in [5.74, 6) is 0. The van der Waals surface area contributed by atoms with Crippen LogP contribution in [0.15, 0.2) is 60.7 Å². The summed E-state index contributed by atoms with van der Waals surface area (Å²) >= 11 is 0. The van der Waals surface area contributed by atoms with E-state index < -0.39 is 0 Å². The molecule has 0 saturated carbocycles. The first kappa shape index (κ1) is 16.4. The van der Waals surface area contributed by atoms with Gasteiger partial charge in [-0.3, -0.25) is 0 Å². The van der Waals surface area contributed by atoms with Crippen LogP contribution in [0, 0.1) is 6.92 Å². The molecule has 0 radical (unpaired) electrons. The smallest absolute Gasteiger partial charge is 0.0577 e. The van der Waals surface area contributed by atoms with E-state index in [4.69, 9.17) is 5.11 Å². The summed E-state index contributed by atoms with van der Waals surface area (Å²) < 4.78 is 0. The van der Waals surface area contributed by atoms with Gasteiger partial charge in [-0.05, 0) is 24.5 Å². The molecule has 1 rings (SSSR count). The summed E-state index contributed by atoms with van der Waals surface area (Å²) in [6, 6.07) is 8.54. The zero-order valence-electron chi connectivity index (χ0n) is 12.5. The molecule has 2 N–H and O–H groups in total. The fourth-order valence-corrected chi connectivity index (χ4v) is 2.03. The first-order chi connectivity index (χ1) is 9.72. The number of aliphatic hydroxyl groups excluding tert-OH is 1. The van der Waals surface area contributed by atoms with E-state index in [1.54, 1.807) is 6.08 Å². The Balaban J connectivity index is 3.07. The topological polar surface area (TPSA) is 32.3 Å². The highest BCUT2D eigenvalue weighted by Crippen LogP contribution is 2.23. The molecule has 20 heavy (non-hydrogen) atoms. The van der Waals surface area contributed by atoms with Crippen molar-refractivity contribution in [2.75, 3.05) is 13.2 Å². The average Bonchev–Trinajstić information content (AvgIpc) is 2.46. The van der Waals surface area contributed by atoms with Gasteiger partial charge in [-0.25, -0.2) is 0 Å². The van der Waals surface area contributed by atoms with Gasteiger partial charge in [0.05, 0.1) is 12.6 Å². The van der Waals surface area contributed by atoms with Crippen LogP contribution in [0.4, 0.5) is 0 Å². The zero-order valence-corrected chi connectivity index (χ0v) is 12.5. The van der Waals surface area contributed by atoms with E-state index in [2.05, 4.69) is 62.2 Å². The number of nitrogens with one attached hydrogen (secondary N) is 1. The van der Waals surface area contributed by atoms with E-state index in [1.165, 1.54) is 11.1 Å². The molecular formula is C18H25NO. The molecular weight excluding hydrogens is 246 g/mol. The van der Waals surface area contributed by atoms with Gasteiger partial charge in [0, 0.05) is 6.54 Å². The molecule has 0 aromatic heterocycles. The van der Waals surface area contributed by atoms with Crippen molar-refractivity contribution < 1.29 is 5.11 Å².